The van der Waals surface area contributed by atoms with Gasteiger partial charge in [-0.05, 0) is 42.1 Å². The summed E-state index contributed by atoms with van der Waals surface area (Å²) in [5.74, 6) is 0.517. The van der Waals surface area contributed by atoms with Crippen molar-refractivity contribution in [3.05, 3.63) is 22.8 Å². The number of hydrogen-bond donors (Lipinski definition) is 2. The van der Waals surface area contributed by atoms with Crippen LogP contribution in [-0.2, 0) is 10.2 Å². The van der Waals surface area contributed by atoms with E-state index in [1.54, 1.807) is 6.20 Å². The number of anilines is 1. The van der Waals surface area contributed by atoms with Crippen LogP contribution >= 0.6 is 15.9 Å². The van der Waals surface area contributed by atoms with Gasteiger partial charge >= 0.3 is 5.97 Å². The summed E-state index contributed by atoms with van der Waals surface area (Å²) in [4.78, 5) is 20.4. The number of rotatable bonds is 2. The first-order valence-corrected chi connectivity index (χ1v) is 8.08. The molecular weight excluding hydrogens is 348 g/mol. The van der Waals surface area contributed by atoms with Crippen LogP contribution in [0.25, 0.3) is 5.52 Å². The summed E-state index contributed by atoms with van der Waals surface area (Å²) in [6.07, 6.45) is 6.50. The van der Waals surface area contributed by atoms with Crippen LogP contribution in [0.4, 0.5) is 5.82 Å². The lowest BCUT2D eigenvalue weighted by Gasteiger charge is -2.41. The van der Waals surface area contributed by atoms with Crippen molar-refractivity contribution in [3.63, 3.8) is 0 Å². The fourth-order valence-electron chi connectivity index (χ4n) is 3.73. The Balaban J connectivity index is 2.14. The Morgan fingerprint density at radius 3 is 2.86 bits per heavy atom. The van der Waals surface area contributed by atoms with Gasteiger partial charge in [0, 0.05) is 17.8 Å². The van der Waals surface area contributed by atoms with Gasteiger partial charge in [0.15, 0.2) is 5.82 Å². The van der Waals surface area contributed by atoms with Gasteiger partial charge in [-0.3, -0.25) is 9.20 Å². The maximum atomic E-state index is 11.7. The summed E-state index contributed by atoms with van der Waals surface area (Å²) >= 11 is 3.45. The first-order chi connectivity index (χ1) is 10.3. The molecule has 0 spiro atoms. The van der Waals surface area contributed by atoms with E-state index in [4.69, 9.17) is 5.73 Å². The molecule has 1 fully saturated rings. The van der Waals surface area contributed by atoms with Crippen molar-refractivity contribution < 1.29 is 9.90 Å². The second-order valence-electron chi connectivity index (χ2n) is 6.71. The van der Waals surface area contributed by atoms with E-state index in [-0.39, 0.29) is 5.41 Å². The van der Waals surface area contributed by atoms with Crippen molar-refractivity contribution in [1.29, 1.82) is 0 Å². The van der Waals surface area contributed by atoms with Crippen LogP contribution in [0.2, 0.25) is 0 Å². The van der Waals surface area contributed by atoms with Gasteiger partial charge in [-0.1, -0.05) is 13.3 Å². The highest BCUT2D eigenvalue weighted by Gasteiger charge is 2.46. The molecule has 0 bridgehead atoms. The van der Waals surface area contributed by atoms with Gasteiger partial charge < -0.3 is 10.8 Å². The third-order valence-corrected chi connectivity index (χ3v) is 5.39. The standard InChI is InChI=1S/C15H19BrN4O2/c1-14(4-3-5-15(2,8-14)13(21)22)12-19-10(16)9-11(17)18-6-7-20(9)12/h6-7H,3-5,8H2,1-2H3,(H2,17,18)(H,21,22)/t14-,15+/m1/s1. The third kappa shape index (κ3) is 2.18. The molecule has 0 aromatic carbocycles. The SMILES string of the molecule is C[C@]1(C(=O)O)CCC[C@@](C)(c2nc(Br)c3c(N)nccn23)C1. The minimum atomic E-state index is -0.737. The fraction of sp³-hybridized carbons (Fsp3) is 0.533. The minimum Gasteiger partial charge on any atom is -0.481 e. The maximum Gasteiger partial charge on any atom is 0.309 e. The normalized spacial score (nSPS) is 28.9. The second-order valence-corrected chi connectivity index (χ2v) is 7.47. The number of imidazole rings is 1. The van der Waals surface area contributed by atoms with E-state index >= 15 is 0 Å². The largest absolute Gasteiger partial charge is 0.481 e. The molecule has 1 aliphatic carbocycles. The molecule has 22 heavy (non-hydrogen) atoms. The summed E-state index contributed by atoms with van der Waals surface area (Å²) < 4.78 is 2.58. The number of aliphatic carboxylic acids is 1. The highest BCUT2D eigenvalue weighted by atomic mass is 79.9. The Labute approximate surface area is 136 Å². The average Bonchev–Trinajstić information content (AvgIpc) is 2.78. The molecule has 3 N–H and O–H groups in total. The average molecular weight is 367 g/mol. The molecule has 1 aliphatic rings. The van der Waals surface area contributed by atoms with Crippen LogP contribution in [0.5, 0.6) is 0 Å². The lowest BCUT2D eigenvalue weighted by atomic mass is 9.63. The Morgan fingerprint density at radius 2 is 2.18 bits per heavy atom. The highest BCUT2D eigenvalue weighted by Crippen LogP contribution is 2.48. The van der Waals surface area contributed by atoms with Crippen LogP contribution in [0, 0.1) is 5.41 Å². The molecule has 3 rings (SSSR count). The quantitative estimate of drug-likeness (QED) is 0.851. The lowest BCUT2D eigenvalue weighted by molar-refractivity contribution is -0.151. The molecule has 2 atom stereocenters. The van der Waals surface area contributed by atoms with E-state index in [0.29, 0.717) is 23.3 Å². The van der Waals surface area contributed by atoms with Crippen LogP contribution in [0.1, 0.15) is 45.4 Å². The number of nitrogens with zero attached hydrogens (tertiary/aromatic N) is 3. The summed E-state index contributed by atoms with van der Waals surface area (Å²) in [5.41, 5.74) is 5.66. The zero-order chi connectivity index (χ0) is 16.1. The van der Waals surface area contributed by atoms with Crippen LogP contribution < -0.4 is 5.73 Å². The van der Waals surface area contributed by atoms with Crippen LogP contribution in [-0.4, -0.2) is 25.4 Å². The Morgan fingerprint density at radius 1 is 1.45 bits per heavy atom. The Kier molecular flexibility index (Phi) is 3.43. The zero-order valence-corrected chi connectivity index (χ0v) is 14.2. The molecule has 7 heteroatoms. The number of hydrogen-bond acceptors (Lipinski definition) is 4. The van der Waals surface area contributed by atoms with Gasteiger partial charge in [0.05, 0.1) is 5.41 Å². The summed E-state index contributed by atoms with van der Waals surface area (Å²) in [6, 6.07) is 0. The fourth-order valence-corrected chi connectivity index (χ4v) is 4.29. The van der Waals surface area contributed by atoms with Crippen molar-refractivity contribution in [1.82, 2.24) is 14.4 Å². The van der Waals surface area contributed by atoms with Crippen LogP contribution in [0.3, 0.4) is 0 Å². The number of halogens is 1. The third-order valence-electron chi connectivity index (χ3n) is 4.83. The van der Waals surface area contributed by atoms with Crippen molar-refractivity contribution in [2.24, 2.45) is 5.41 Å². The topological polar surface area (TPSA) is 93.5 Å². The number of aromatic nitrogens is 3. The monoisotopic (exact) mass is 366 g/mol. The molecule has 0 amide bonds. The molecule has 2 aromatic heterocycles. The number of fused-ring (bicyclic) bond motifs is 1. The van der Waals surface area contributed by atoms with E-state index in [1.807, 2.05) is 17.5 Å². The van der Waals surface area contributed by atoms with Crippen molar-refractivity contribution in [2.45, 2.75) is 44.9 Å². The van der Waals surface area contributed by atoms with E-state index < -0.39 is 11.4 Å². The van der Waals surface area contributed by atoms with E-state index in [1.165, 1.54) is 0 Å². The molecule has 0 saturated heterocycles. The second kappa shape index (κ2) is 4.94. The molecule has 118 valence electrons. The molecule has 0 aliphatic heterocycles. The van der Waals surface area contributed by atoms with Crippen LogP contribution in [0.15, 0.2) is 17.0 Å². The van der Waals surface area contributed by atoms with E-state index in [0.717, 1.165) is 24.2 Å². The number of carbonyl (C=O) groups is 1. The Bertz CT molecular complexity index is 759. The molecule has 1 saturated carbocycles. The number of carboxylic acid groups (broad SMARTS) is 1. The van der Waals surface area contributed by atoms with E-state index in [2.05, 4.69) is 32.8 Å². The summed E-state index contributed by atoms with van der Waals surface area (Å²) in [6.45, 7) is 3.92. The Hall–Kier alpha value is -1.63. The first-order valence-electron chi connectivity index (χ1n) is 7.29. The predicted octanol–water partition coefficient (Wildman–Crippen LogP) is 3.00. The van der Waals surface area contributed by atoms with Gasteiger partial charge in [-0.25, -0.2) is 9.97 Å². The zero-order valence-electron chi connectivity index (χ0n) is 12.6. The molecule has 0 radical (unpaired) electrons. The van der Waals surface area contributed by atoms with Gasteiger partial charge in [-0.2, -0.15) is 0 Å². The van der Waals surface area contributed by atoms with Crippen molar-refractivity contribution in [2.75, 3.05) is 5.73 Å². The van der Waals surface area contributed by atoms with Gasteiger partial charge in [-0.15, -0.1) is 0 Å². The van der Waals surface area contributed by atoms with Gasteiger partial charge in [0.1, 0.15) is 15.9 Å². The minimum absolute atomic E-state index is 0.311. The molecular formula is C15H19BrN4O2. The lowest BCUT2D eigenvalue weighted by Crippen LogP contribution is -2.41. The number of nitrogens with two attached hydrogens (primary N) is 1. The summed E-state index contributed by atoms with van der Waals surface area (Å²) in [5, 5.41) is 9.57. The maximum absolute atomic E-state index is 11.7. The number of nitrogen functional groups attached to an aromatic ring is 1. The van der Waals surface area contributed by atoms with Crippen molar-refractivity contribution >= 4 is 33.2 Å². The van der Waals surface area contributed by atoms with Gasteiger partial charge in [0.25, 0.3) is 0 Å². The van der Waals surface area contributed by atoms with Gasteiger partial charge in [0.2, 0.25) is 0 Å². The van der Waals surface area contributed by atoms with Crippen molar-refractivity contribution in [3.8, 4) is 0 Å². The highest BCUT2D eigenvalue weighted by molar-refractivity contribution is 9.10. The molecule has 2 aromatic rings. The molecule has 0 unspecified atom stereocenters. The molecule has 6 nitrogen and oxygen atoms in total. The smallest absolute Gasteiger partial charge is 0.309 e. The first kappa shape index (κ1) is 15.3. The molecule has 2 heterocycles. The predicted molar refractivity (Wildman–Crippen MR) is 86.7 cm³/mol. The number of carboxylic acids is 1. The van der Waals surface area contributed by atoms with E-state index in [9.17, 15) is 9.90 Å². The summed E-state index contributed by atoms with van der Waals surface area (Å²) in [7, 11) is 0.